The van der Waals surface area contributed by atoms with Crippen LogP contribution in [-0.4, -0.2) is 25.7 Å². The van der Waals surface area contributed by atoms with Gasteiger partial charge in [-0.15, -0.1) is 0 Å². The fraction of sp³-hybridized carbons (Fsp3) is 0.917. The van der Waals surface area contributed by atoms with Gasteiger partial charge in [0.05, 0.1) is 6.10 Å². The van der Waals surface area contributed by atoms with Crippen LogP contribution >= 0.6 is 0 Å². The van der Waals surface area contributed by atoms with E-state index < -0.39 is 0 Å². The first-order valence-electron chi connectivity index (χ1n) is 5.94. The molecule has 1 rings (SSSR count). The van der Waals surface area contributed by atoms with Gasteiger partial charge in [-0.25, -0.2) is 0 Å². The van der Waals surface area contributed by atoms with Crippen molar-refractivity contribution in [1.29, 1.82) is 0 Å². The maximum atomic E-state index is 11.7. The quantitative estimate of drug-likeness (QED) is 0.775. The highest BCUT2D eigenvalue weighted by Crippen LogP contribution is 2.25. The maximum absolute atomic E-state index is 11.7. The number of nitrogens with one attached hydrogen (secondary N) is 1. The Labute approximate surface area is 92.6 Å². The first-order valence-corrected chi connectivity index (χ1v) is 5.94. The molecule has 0 aromatic rings. The molecule has 0 spiro atoms. The molecule has 88 valence electrons. The standard InChI is InChI=1S/C12H23NO2/c1-9(2)8-13-12(14)10-4-6-11(15-3)7-5-10/h9-11H,4-8H2,1-3H3,(H,13,14). The molecule has 15 heavy (non-hydrogen) atoms. The molecule has 0 saturated heterocycles. The number of amides is 1. The highest BCUT2D eigenvalue weighted by atomic mass is 16.5. The van der Waals surface area contributed by atoms with Crippen molar-refractivity contribution in [2.75, 3.05) is 13.7 Å². The van der Waals surface area contributed by atoms with Crippen LogP contribution < -0.4 is 5.32 Å². The van der Waals surface area contributed by atoms with Crippen molar-refractivity contribution < 1.29 is 9.53 Å². The summed E-state index contributed by atoms with van der Waals surface area (Å²) in [5.74, 6) is 0.984. The Kier molecular flexibility index (Phi) is 5.09. The Bertz CT molecular complexity index is 196. The summed E-state index contributed by atoms with van der Waals surface area (Å²) < 4.78 is 5.29. The number of hydrogen-bond acceptors (Lipinski definition) is 2. The zero-order valence-electron chi connectivity index (χ0n) is 10.1. The molecule has 0 aliphatic heterocycles. The van der Waals surface area contributed by atoms with E-state index in [1.54, 1.807) is 7.11 Å². The highest BCUT2D eigenvalue weighted by Gasteiger charge is 2.25. The summed E-state index contributed by atoms with van der Waals surface area (Å²) in [6.07, 6.45) is 4.37. The number of ether oxygens (including phenoxy) is 1. The Morgan fingerprint density at radius 2 is 1.93 bits per heavy atom. The third kappa shape index (κ3) is 4.20. The van der Waals surface area contributed by atoms with E-state index >= 15 is 0 Å². The average Bonchev–Trinajstić information content (AvgIpc) is 2.26. The second-order valence-corrected chi connectivity index (χ2v) is 4.85. The predicted molar refractivity (Wildman–Crippen MR) is 60.6 cm³/mol. The van der Waals surface area contributed by atoms with Crippen LogP contribution in [0.2, 0.25) is 0 Å². The highest BCUT2D eigenvalue weighted by molar-refractivity contribution is 5.78. The van der Waals surface area contributed by atoms with E-state index in [1.165, 1.54) is 0 Å². The summed E-state index contributed by atoms with van der Waals surface area (Å²) >= 11 is 0. The fourth-order valence-corrected chi connectivity index (χ4v) is 2.01. The van der Waals surface area contributed by atoms with Gasteiger partial charge < -0.3 is 10.1 Å². The summed E-state index contributed by atoms with van der Waals surface area (Å²) in [6.45, 7) is 5.02. The van der Waals surface area contributed by atoms with E-state index in [-0.39, 0.29) is 11.8 Å². The van der Waals surface area contributed by atoms with Crippen molar-refractivity contribution in [3.05, 3.63) is 0 Å². The van der Waals surface area contributed by atoms with Crippen LogP contribution in [0.1, 0.15) is 39.5 Å². The Morgan fingerprint density at radius 3 is 2.40 bits per heavy atom. The lowest BCUT2D eigenvalue weighted by Crippen LogP contribution is -2.36. The lowest BCUT2D eigenvalue weighted by Gasteiger charge is -2.26. The van der Waals surface area contributed by atoms with Gasteiger partial charge in [0.2, 0.25) is 5.91 Å². The molecule has 1 aliphatic rings. The topological polar surface area (TPSA) is 38.3 Å². The molecule has 3 nitrogen and oxygen atoms in total. The molecule has 0 bridgehead atoms. The molecule has 0 heterocycles. The van der Waals surface area contributed by atoms with Gasteiger partial charge in [-0.2, -0.15) is 0 Å². The van der Waals surface area contributed by atoms with Crippen molar-refractivity contribution in [2.45, 2.75) is 45.6 Å². The van der Waals surface area contributed by atoms with Gasteiger partial charge in [0.25, 0.3) is 0 Å². The number of carbonyl (C=O) groups is 1. The van der Waals surface area contributed by atoms with Gasteiger partial charge in [0, 0.05) is 19.6 Å². The minimum absolute atomic E-state index is 0.218. The van der Waals surface area contributed by atoms with Gasteiger partial charge in [-0.05, 0) is 31.6 Å². The van der Waals surface area contributed by atoms with Gasteiger partial charge in [0.15, 0.2) is 0 Å². The third-order valence-electron chi connectivity index (χ3n) is 3.06. The van der Waals surface area contributed by atoms with Gasteiger partial charge in [-0.1, -0.05) is 13.8 Å². The summed E-state index contributed by atoms with van der Waals surface area (Å²) in [7, 11) is 1.75. The van der Waals surface area contributed by atoms with Crippen molar-refractivity contribution >= 4 is 5.91 Å². The van der Waals surface area contributed by atoms with E-state index in [0.717, 1.165) is 32.2 Å². The zero-order valence-corrected chi connectivity index (χ0v) is 10.1. The van der Waals surface area contributed by atoms with Crippen LogP contribution in [0.5, 0.6) is 0 Å². The van der Waals surface area contributed by atoms with E-state index in [1.807, 2.05) is 0 Å². The number of carbonyl (C=O) groups excluding carboxylic acids is 1. The Morgan fingerprint density at radius 1 is 1.33 bits per heavy atom. The Balaban J connectivity index is 2.24. The van der Waals surface area contributed by atoms with Crippen molar-refractivity contribution in [3.8, 4) is 0 Å². The summed E-state index contributed by atoms with van der Waals surface area (Å²) in [5.41, 5.74) is 0. The normalized spacial score (nSPS) is 26.7. The lowest BCUT2D eigenvalue weighted by atomic mass is 9.87. The number of hydrogen-bond donors (Lipinski definition) is 1. The van der Waals surface area contributed by atoms with Crippen molar-refractivity contribution in [3.63, 3.8) is 0 Å². The molecular weight excluding hydrogens is 190 g/mol. The molecule has 0 atom stereocenters. The van der Waals surface area contributed by atoms with E-state index in [4.69, 9.17) is 4.74 Å². The van der Waals surface area contributed by atoms with Crippen LogP contribution in [-0.2, 0) is 9.53 Å². The summed E-state index contributed by atoms with van der Waals surface area (Å²) in [6, 6.07) is 0. The lowest BCUT2D eigenvalue weighted by molar-refractivity contribution is -0.126. The molecule has 1 saturated carbocycles. The zero-order chi connectivity index (χ0) is 11.3. The SMILES string of the molecule is COC1CCC(C(=O)NCC(C)C)CC1. The molecule has 0 unspecified atom stereocenters. The summed E-state index contributed by atoms with van der Waals surface area (Å²) in [4.78, 5) is 11.7. The second-order valence-electron chi connectivity index (χ2n) is 4.85. The number of rotatable bonds is 4. The Hall–Kier alpha value is -0.570. The average molecular weight is 213 g/mol. The minimum Gasteiger partial charge on any atom is -0.381 e. The predicted octanol–water partition coefficient (Wildman–Crippen LogP) is 1.96. The van der Waals surface area contributed by atoms with Crippen molar-refractivity contribution in [1.82, 2.24) is 5.32 Å². The monoisotopic (exact) mass is 213 g/mol. The van der Waals surface area contributed by atoms with E-state index in [2.05, 4.69) is 19.2 Å². The summed E-state index contributed by atoms with van der Waals surface area (Å²) in [5, 5.41) is 3.00. The van der Waals surface area contributed by atoms with Gasteiger partial charge in [0.1, 0.15) is 0 Å². The van der Waals surface area contributed by atoms with Gasteiger partial charge in [-0.3, -0.25) is 4.79 Å². The second kappa shape index (κ2) is 6.11. The molecule has 3 heteroatoms. The van der Waals surface area contributed by atoms with E-state index in [0.29, 0.717) is 12.0 Å². The van der Waals surface area contributed by atoms with Gasteiger partial charge >= 0.3 is 0 Å². The molecular formula is C12H23NO2. The van der Waals surface area contributed by atoms with Crippen LogP contribution in [0.4, 0.5) is 0 Å². The van der Waals surface area contributed by atoms with Crippen LogP contribution in [0.15, 0.2) is 0 Å². The van der Waals surface area contributed by atoms with Crippen LogP contribution in [0.3, 0.4) is 0 Å². The van der Waals surface area contributed by atoms with Crippen LogP contribution in [0, 0.1) is 11.8 Å². The minimum atomic E-state index is 0.218. The molecule has 1 N–H and O–H groups in total. The largest absolute Gasteiger partial charge is 0.381 e. The molecule has 0 aromatic carbocycles. The maximum Gasteiger partial charge on any atom is 0.223 e. The van der Waals surface area contributed by atoms with Crippen LogP contribution in [0.25, 0.3) is 0 Å². The van der Waals surface area contributed by atoms with E-state index in [9.17, 15) is 4.79 Å². The third-order valence-corrected chi connectivity index (χ3v) is 3.06. The number of methoxy groups -OCH3 is 1. The molecule has 0 aromatic heterocycles. The molecule has 1 fully saturated rings. The molecule has 0 radical (unpaired) electrons. The molecule has 1 amide bonds. The molecule has 1 aliphatic carbocycles. The van der Waals surface area contributed by atoms with Crippen molar-refractivity contribution in [2.24, 2.45) is 11.8 Å². The smallest absolute Gasteiger partial charge is 0.223 e. The fourth-order valence-electron chi connectivity index (χ4n) is 2.01. The first-order chi connectivity index (χ1) is 7.13. The first kappa shape index (κ1) is 12.5.